The van der Waals surface area contributed by atoms with Gasteiger partial charge in [-0.25, -0.2) is 0 Å². The molecule has 13 heavy (non-hydrogen) atoms. The Morgan fingerprint density at radius 2 is 1.85 bits per heavy atom. The third-order valence-corrected chi connectivity index (χ3v) is 3.29. The second kappa shape index (κ2) is 4.40. The van der Waals surface area contributed by atoms with Gasteiger partial charge in [-0.3, -0.25) is 0 Å². The molecule has 1 aliphatic carbocycles. The summed E-state index contributed by atoms with van der Waals surface area (Å²) >= 11 is 0. The van der Waals surface area contributed by atoms with Crippen LogP contribution >= 0.6 is 0 Å². The first kappa shape index (κ1) is 9.44. The van der Waals surface area contributed by atoms with Crippen LogP contribution in [0.15, 0.2) is 0 Å². The van der Waals surface area contributed by atoms with E-state index >= 15 is 0 Å². The van der Waals surface area contributed by atoms with Crippen molar-refractivity contribution in [2.24, 2.45) is 5.92 Å². The van der Waals surface area contributed by atoms with E-state index < -0.39 is 0 Å². The topological polar surface area (TPSA) is 44.3 Å². The molecular formula is C10H20N2O. The molecule has 2 fully saturated rings. The van der Waals surface area contributed by atoms with Crippen LogP contribution in [0.3, 0.4) is 0 Å². The molecule has 76 valence electrons. The second-order valence-corrected chi connectivity index (χ2v) is 4.44. The van der Waals surface area contributed by atoms with Crippen LogP contribution < -0.4 is 10.6 Å². The summed E-state index contributed by atoms with van der Waals surface area (Å²) in [6, 6.07) is 0.715. The molecule has 2 rings (SSSR count). The highest BCUT2D eigenvalue weighted by atomic mass is 16.3. The molecule has 1 saturated heterocycles. The first-order valence-corrected chi connectivity index (χ1v) is 5.47. The zero-order valence-electron chi connectivity index (χ0n) is 8.13. The molecule has 3 N–H and O–H groups in total. The molecule has 0 radical (unpaired) electrons. The van der Waals surface area contributed by atoms with Gasteiger partial charge in [0.25, 0.3) is 0 Å². The number of rotatable bonds is 3. The van der Waals surface area contributed by atoms with Gasteiger partial charge in [-0.15, -0.1) is 0 Å². The van der Waals surface area contributed by atoms with Crippen LogP contribution in [-0.2, 0) is 0 Å². The number of aliphatic hydroxyl groups excluding tert-OH is 1. The molecule has 0 spiro atoms. The van der Waals surface area contributed by atoms with Crippen LogP contribution in [0.5, 0.6) is 0 Å². The van der Waals surface area contributed by atoms with Crippen molar-refractivity contribution in [3.05, 3.63) is 0 Å². The minimum absolute atomic E-state index is 0.0124. The fourth-order valence-electron chi connectivity index (χ4n) is 2.12. The molecule has 0 atom stereocenters. The Bertz CT molecular complexity index is 151. The van der Waals surface area contributed by atoms with Crippen molar-refractivity contribution < 1.29 is 5.11 Å². The van der Waals surface area contributed by atoms with Gasteiger partial charge in [0.2, 0.25) is 0 Å². The summed E-state index contributed by atoms with van der Waals surface area (Å²) in [4.78, 5) is 0. The first-order chi connectivity index (χ1) is 6.34. The Labute approximate surface area is 79.9 Å². The molecular weight excluding hydrogens is 164 g/mol. The Kier molecular flexibility index (Phi) is 3.19. The Morgan fingerprint density at radius 3 is 2.38 bits per heavy atom. The van der Waals surface area contributed by atoms with Gasteiger partial charge >= 0.3 is 0 Å². The molecule has 0 aromatic rings. The third kappa shape index (κ3) is 2.66. The highest BCUT2D eigenvalue weighted by Gasteiger charge is 2.21. The van der Waals surface area contributed by atoms with Crippen molar-refractivity contribution >= 4 is 0 Å². The normalized spacial score (nSPS) is 35.8. The Balaban J connectivity index is 1.59. The van der Waals surface area contributed by atoms with Crippen LogP contribution in [-0.4, -0.2) is 36.9 Å². The monoisotopic (exact) mass is 184 g/mol. The summed E-state index contributed by atoms with van der Waals surface area (Å²) in [7, 11) is 0. The highest BCUT2D eigenvalue weighted by Crippen LogP contribution is 2.23. The van der Waals surface area contributed by atoms with Crippen molar-refractivity contribution in [1.29, 1.82) is 0 Å². The fourth-order valence-corrected chi connectivity index (χ4v) is 2.12. The molecule has 0 bridgehead atoms. The van der Waals surface area contributed by atoms with Crippen LogP contribution in [0, 0.1) is 5.92 Å². The molecule has 2 aliphatic rings. The minimum Gasteiger partial charge on any atom is -0.393 e. The van der Waals surface area contributed by atoms with Crippen LogP contribution in [0.1, 0.15) is 25.7 Å². The van der Waals surface area contributed by atoms with Gasteiger partial charge in [0.05, 0.1) is 6.10 Å². The number of nitrogens with one attached hydrogen (secondary N) is 2. The van der Waals surface area contributed by atoms with Gasteiger partial charge in [-0.2, -0.15) is 0 Å². The average Bonchev–Trinajstić information content (AvgIpc) is 2.05. The first-order valence-electron chi connectivity index (χ1n) is 5.47. The van der Waals surface area contributed by atoms with E-state index in [1.165, 1.54) is 12.8 Å². The predicted molar refractivity (Wildman–Crippen MR) is 52.6 cm³/mol. The van der Waals surface area contributed by atoms with Gasteiger partial charge in [-0.05, 0) is 38.1 Å². The van der Waals surface area contributed by atoms with E-state index in [-0.39, 0.29) is 6.10 Å². The summed E-state index contributed by atoms with van der Waals surface area (Å²) in [5.41, 5.74) is 0. The second-order valence-electron chi connectivity index (χ2n) is 4.44. The molecule has 3 heteroatoms. The zero-order valence-corrected chi connectivity index (χ0v) is 8.13. The maximum absolute atomic E-state index is 9.33. The van der Waals surface area contributed by atoms with Crippen LogP contribution in [0.2, 0.25) is 0 Å². The summed E-state index contributed by atoms with van der Waals surface area (Å²) in [5.74, 6) is 0.809. The van der Waals surface area contributed by atoms with Crippen LogP contribution in [0.4, 0.5) is 0 Å². The van der Waals surface area contributed by atoms with Crippen molar-refractivity contribution in [1.82, 2.24) is 10.6 Å². The van der Waals surface area contributed by atoms with Crippen molar-refractivity contribution in [2.75, 3.05) is 19.6 Å². The summed E-state index contributed by atoms with van der Waals surface area (Å²) in [5, 5.41) is 16.1. The zero-order chi connectivity index (χ0) is 9.10. The third-order valence-electron chi connectivity index (χ3n) is 3.29. The number of aliphatic hydroxyl groups is 1. The maximum atomic E-state index is 9.33. The molecule has 1 aliphatic heterocycles. The van der Waals surface area contributed by atoms with Gasteiger partial charge in [0.15, 0.2) is 0 Å². The molecule has 3 nitrogen and oxygen atoms in total. The SMILES string of the molecule is OC1CCC(CNC2CNC2)CC1. The summed E-state index contributed by atoms with van der Waals surface area (Å²) < 4.78 is 0. The van der Waals surface area contributed by atoms with E-state index in [4.69, 9.17) is 0 Å². The molecule has 1 heterocycles. The maximum Gasteiger partial charge on any atom is 0.0540 e. The molecule has 0 amide bonds. The summed E-state index contributed by atoms with van der Waals surface area (Å²) in [6.07, 6.45) is 4.41. The van der Waals surface area contributed by atoms with Gasteiger partial charge in [-0.1, -0.05) is 0 Å². The molecule has 0 aromatic carbocycles. The van der Waals surface area contributed by atoms with E-state index in [0.29, 0.717) is 6.04 Å². The average molecular weight is 184 g/mol. The number of hydrogen-bond donors (Lipinski definition) is 3. The lowest BCUT2D eigenvalue weighted by atomic mass is 9.87. The largest absolute Gasteiger partial charge is 0.393 e. The Morgan fingerprint density at radius 1 is 1.15 bits per heavy atom. The van der Waals surface area contributed by atoms with Crippen molar-refractivity contribution in [2.45, 2.75) is 37.8 Å². The molecule has 0 aromatic heterocycles. The minimum atomic E-state index is -0.0124. The standard InChI is InChI=1S/C10H20N2O/c13-10-3-1-8(2-4-10)5-12-9-6-11-7-9/h8-13H,1-7H2. The lowest BCUT2D eigenvalue weighted by molar-refractivity contribution is 0.107. The van der Waals surface area contributed by atoms with Crippen molar-refractivity contribution in [3.8, 4) is 0 Å². The smallest absolute Gasteiger partial charge is 0.0540 e. The van der Waals surface area contributed by atoms with E-state index in [0.717, 1.165) is 38.4 Å². The van der Waals surface area contributed by atoms with Gasteiger partial charge in [0.1, 0.15) is 0 Å². The molecule has 1 saturated carbocycles. The lowest BCUT2D eigenvalue weighted by Crippen LogP contribution is -2.56. The van der Waals surface area contributed by atoms with E-state index in [1.54, 1.807) is 0 Å². The summed E-state index contributed by atoms with van der Waals surface area (Å²) in [6.45, 7) is 3.42. The van der Waals surface area contributed by atoms with E-state index in [1.807, 2.05) is 0 Å². The van der Waals surface area contributed by atoms with E-state index in [9.17, 15) is 5.11 Å². The van der Waals surface area contributed by atoms with Gasteiger partial charge < -0.3 is 15.7 Å². The predicted octanol–water partition coefficient (Wildman–Crippen LogP) is 0.0989. The quantitative estimate of drug-likeness (QED) is 0.583. The fraction of sp³-hybridized carbons (Fsp3) is 1.00. The highest BCUT2D eigenvalue weighted by molar-refractivity contribution is 4.83. The van der Waals surface area contributed by atoms with E-state index in [2.05, 4.69) is 10.6 Å². The number of hydrogen-bond acceptors (Lipinski definition) is 3. The van der Waals surface area contributed by atoms with Crippen molar-refractivity contribution in [3.63, 3.8) is 0 Å². The molecule has 0 unspecified atom stereocenters. The van der Waals surface area contributed by atoms with Gasteiger partial charge in [0, 0.05) is 19.1 Å². The lowest BCUT2D eigenvalue weighted by Gasteiger charge is -2.32. The van der Waals surface area contributed by atoms with Crippen LogP contribution in [0.25, 0.3) is 0 Å². The Hall–Kier alpha value is -0.120.